The van der Waals surface area contributed by atoms with Crippen molar-refractivity contribution in [3.63, 3.8) is 0 Å². The molecule has 1 unspecified atom stereocenters. The Morgan fingerprint density at radius 2 is 2.46 bits per heavy atom. The minimum Gasteiger partial charge on any atom is -0.329 e. The maximum atomic E-state index is 5.73. The van der Waals surface area contributed by atoms with Crippen molar-refractivity contribution in [2.45, 2.75) is 18.6 Å². The summed E-state index contributed by atoms with van der Waals surface area (Å²) in [5.41, 5.74) is 5.73. The summed E-state index contributed by atoms with van der Waals surface area (Å²) in [5, 5.41) is 2.60. The van der Waals surface area contributed by atoms with E-state index < -0.39 is 0 Å². The zero-order valence-electron chi connectivity index (χ0n) is 7.63. The van der Waals surface area contributed by atoms with Gasteiger partial charge in [-0.3, -0.25) is 0 Å². The van der Waals surface area contributed by atoms with Crippen molar-refractivity contribution in [2.24, 2.45) is 5.73 Å². The van der Waals surface area contributed by atoms with Crippen molar-refractivity contribution in [1.29, 1.82) is 0 Å². The second kappa shape index (κ2) is 6.06. The van der Waals surface area contributed by atoms with E-state index in [9.17, 15) is 0 Å². The quantitative estimate of drug-likeness (QED) is 0.891. The van der Waals surface area contributed by atoms with Gasteiger partial charge in [0.15, 0.2) is 0 Å². The predicted molar refractivity (Wildman–Crippen MR) is 66.6 cm³/mol. The zero-order valence-corrected chi connectivity index (χ0v) is 10.8. The van der Waals surface area contributed by atoms with E-state index in [4.69, 9.17) is 5.73 Å². The molecule has 0 saturated carbocycles. The van der Waals surface area contributed by atoms with Gasteiger partial charge in [-0.15, -0.1) is 11.3 Å². The lowest BCUT2D eigenvalue weighted by atomic mass is 10.3. The van der Waals surface area contributed by atoms with Crippen LogP contribution in [0, 0.1) is 0 Å². The molecule has 0 bridgehead atoms. The van der Waals surface area contributed by atoms with Crippen LogP contribution < -0.4 is 5.73 Å². The van der Waals surface area contributed by atoms with Crippen LogP contribution in [-0.2, 0) is 0 Å². The molecule has 0 amide bonds. The highest BCUT2D eigenvalue weighted by Gasteiger charge is 2.11. The van der Waals surface area contributed by atoms with Crippen molar-refractivity contribution in [3.8, 4) is 0 Å². The highest BCUT2D eigenvalue weighted by molar-refractivity contribution is 9.10. The van der Waals surface area contributed by atoms with E-state index in [1.165, 1.54) is 21.5 Å². The third-order valence-corrected chi connectivity index (χ3v) is 5.09. The van der Waals surface area contributed by atoms with E-state index in [0.29, 0.717) is 5.25 Å². The average molecular weight is 280 g/mol. The van der Waals surface area contributed by atoms with Crippen molar-refractivity contribution in [3.05, 3.63) is 20.8 Å². The molecule has 2 N–H and O–H groups in total. The average Bonchev–Trinajstić information content (AvgIpc) is 2.54. The van der Waals surface area contributed by atoms with Crippen LogP contribution in [0.2, 0.25) is 0 Å². The largest absolute Gasteiger partial charge is 0.329 e. The Kier molecular flexibility index (Phi) is 5.39. The first-order valence-electron chi connectivity index (χ1n) is 4.33. The second-order valence-corrected chi connectivity index (χ2v) is 5.93. The molecule has 0 fully saturated rings. The minimum atomic E-state index is 0.483. The Hall–Kier alpha value is 0.490. The highest BCUT2D eigenvalue weighted by atomic mass is 79.9. The summed E-state index contributed by atoms with van der Waals surface area (Å²) in [6.45, 7) is 2.93. The summed E-state index contributed by atoms with van der Waals surface area (Å²) in [6.07, 6.45) is 1.22. The highest BCUT2D eigenvalue weighted by Crippen LogP contribution is 2.34. The van der Waals surface area contributed by atoms with E-state index >= 15 is 0 Å². The normalized spacial score (nSPS) is 13.2. The molecule has 0 aromatic carbocycles. The van der Waals surface area contributed by atoms with Crippen molar-refractivity contribution in [2.75, 3.05) is 12.3 Å². The summed E-state index contributed by atoms with van der Waals surface area (Å²) >= 11 is 7.20. The first kappa shape index (κ1) is 11.6. The SMILES string of the molecule is CCCSC(CN)c1cc(Br)cs1. The number of thioether (sulfide) groups is 1. The van der Waals surface area contributed by atoms with Crippen LogP contribution in [0.4, 0.5) is 0 Å². The second-order valence-electron chi connectivity index (χ2n) is 2.76. The van der Waals surface area contributed by atoms with E-state index in [1.54, 1.807) is 11.3 Å². The van der Waals surface area contributed by atoms with Crippen LogP contribution >= 0.6 is 39.0 Å². The van der Waals surface area contributed by atoms with Crippen LogP contribution in [0.1, 0.15) is 23.5 Å². The van der Waals surface area contributed by atoms with Gasteiger partial charge < -0.3 is 5.73 Å². The summed E-state index contributed by atoms with van der Waals surface area (Å²) < 4.78 is 1.17. The lowest BCUT2D eigenvalue weighted by Crippen LogP contribution is -2.08. The summed E-state index contributed by atoms with van der Waals surface area (Å²) in [4.78, 5) is 1.38. The Balaban J connectivity index is 2.56. The van der Waals surface area contributed by atoms with Gasteiger partial charge >= 0.3 is 0 Å². The Labute approximate surface area is 96.2 Å². The molecule has 0 aliphatic heterocycles. The van der Waals surface area contributed by atoms with Crippen molar-refractivity contribution < 1.29 is 0 Å². The van der Waals surface area contributed by atoms with Gasteiger partial charge in [-0.05, 0) is 34.2 Å². The van der Waals surface area contributed by atoms with Crippen molar-refractivity contribution in [1.82, 2.24) is 0 Å². The van der Waals surface area contributed by atoms with Gasteiger partial charge in [0.2, 0.25) is 0 Å². The van der Waals surface area contributed by atoms with Crippen LogP contribution in [0.3, 0.4) is 0 Å². The molecular formula is C9H14BrNS2. The molecule has 13 heavy (non-hydrogen) atoms. The first-order chi connectivity index (χ1) is 6.27. The van der Waals surface area contributed by atoms with Gasteiger partial charge in [0.1, 0.15) is 0 Å². The number of hydrogen-bond acceptors (Lipinski definition) is 3. The molecule has 0 aliphatic carbocycles. The minimum absolute atomic E-state index is 0.483. The zero-order chi connectivity index (χ0) is 9.68. The van der Waals surface area contributed by atoms with Gasteiger partial charge in [0.05, 0.1) is 5.25 Å². The molecule has 1 nitrogen and oxygen atoms in total. The molecule has 0 saturated heterocycles. The fourth-order valence-corrected chi connectivity index (χ4v) is 3.72. The number of hydrogen-bond donors (Lipinski definition) is 1. The molecule has 1 aromatic rings. The van der Waals surface area contributed by atoms with Crippen molar-refractivity contribution >= 4 is 39.0 Å². The maximum Gasteiger partial charge on any atom is 0.0513 e. The van der Waals surface area contributed by atoms with Crippen LogP contribution in [0.5, 0.6) is 0 Å². The Bertz CT molecular complexity index is 250. The predicted octanol–water partition coefficient (Wildman–Crippen LogP) is 3.65. The summed E-state index contributed by atoms with van der Waals surface area (Å²) in [6, 6.07) is 2.17. The molecule has 0 spiro atoms. The summed E-state index contributed by atoms with van der Waals surface area (Å²) in [7, 11) is 0. The van der Waals surface area contributed by atoms with E-state index in [-0.39, 0.29) is 0 Å². The fraction of sp³-hybridized carbons (Fsp3) is 0.556. The van der Waals surface area contributed by atoms with Gasteiger partial charge in [0, 0.05) is 21.3 Å². The van der Waals surface area contributed by atoms with E-state index in [2.05, 4.69) is 34.3 Å². The fourth-order valence-electron chi connectivity index (χ4n) is 1.02. The Morgan fingerprint density at radius 1 is 1.69 bits per heavy atom. The molecule has 4 heteroatoms. The van der Waals surface area contributed by atoms with Gasteiger partial charge in [-0.25, -0.2) is 0 Å². The third-order valence-electron chi connectivity index (χ3n) is 1.64. The van der Waals surface area contributed by atoms with E-state index in [0.717, 1.165) is 6.54 Å². The van der Waals surface area contributed by atoms with Gasteiger partial charge in [-0.1, -0.05) is 6.92 Å². The number of halogens is 1. The Morgan fingerprint density at radius 3 is 2.92 bits per heavy atom. The molecule has 0 aliphatic rings. The standard InChI is InChI=1S/C9H14BrNS2/c1-2-3-12-9(5-11)8-4-7(10)6-13-8/h4,6,9H,2-3,5,11H2,1H3. The maximum absolute atomic E-state index is 5.73. The molecule has 0 radical (unpaired) electrons. The topological polar surface area (TPSA) is 26.0 Å². The molecule has 1 heterocycles. The smallest absolute Gasteiger partial charge is 0.0513 e. The van der Waals surface area contributed by atoms with Crippen LogP contribution in [-0.4, -0.2) is 12.3 Å². The molecule has 74 valence electrons. The van der Waals surface area contributed by atoms with Gasteiger partial charge in [-0.2, -0.15) is 11.8 Å². The lowest BCUT2D eigenvalue weighted by Gasteiger charge is -2.11. The van der Waals surface area contributed by atoms with E-state index in [1.807, 2.05) is 11.8 Å². The molecule has 1 rings (SSSR count). The number of nitrogens with two attached hydrogens (primary N) is 1. The lowest BCUT2D eigenvalue weighted by molar-refractivity contribution is 0.954. The number of rotatable bonds is 5. The molecule has 1 aromatic heterocycles. The molecule has 1 atom stereocenters. The number of thiophene rings is 1. The first-order valence-corrected chi connectivity index (χ1v) is 7.05. The summed E-state index contributed by atoms with van der Waals surface area (Å²) in [5.74, 6) is 1.19. The van der Waals surface area contributed by atoms with Gasteiger partial charge in [0.25, 0.3) is 0 Å². The van der Waals surface area contributed by atoms with Crippen LogP contribution in [0.25, 0.3) is 0 Å². The monoisotopic (exact) mass is 279 g/mol. The molecular weight excluding hydrogens is 266 g/mol. The van der Waals surface area contributed by atoms with Crippen LogP contribution in [0.15, 0.2) is 15.9 Å². The third kappa shape index (κ3) is 3.62.